The highest BCUT2D eigenvalue weighted by Crippen LogP contribution is 2.32. The standard InChI is InChI=1S/C25H36N2O3/c1-19-6-11-24(23(16-19)25(2,3)4)30-18-21(28)17-26-12-14-27(15-13-26)20-7-9-22(29-5)10-8-20/h6-11,16,21,28H,12-15,17-18H2,1-5H3/t21-/m0/s1. The number of β-amino-alcohol motifs (C(OH)–C–C–N with tert-alkyl or cyclic N) is 1. The van der Waals surface area contributed by atoms with E-state index in [9.17, 15) is 5.11 Å². The van der Waals surface area contributed by atoms with Gasteiger partial charge in [-0.25, -0.2) is 0 Å². The van der Waals surface area contributed by atoms with Crippen molar-refractivity contribution in [3.8, 4) is 11.5 Å². The highest BCUT2D eigenvalue weighted by molar-refractivity contribution is 5.49. The van der Waals surface area contributed by atoms with Crippen LogP contribution in [0.3, 0.4) is 0 Å². The van der Waals surface area contributed by atoms with E-state index in [1.165, 1.54) is 16.8 Å². The summed E-state index contributed by atoms with van der Waals surface area (Å²) in [6.45, 7) is 13.4. The van der Waals surface area contributed by atoms with Crippen molar-refractivity contribution in [3.63, 3.8) is 0 Å². The Morgan fingerprint density at radius 1 is 1.00 bits per heavy atom. The summed E-state index contributed by atoms with van der Waals surface area (Å²) in [6.07, 6.45) is -0.508. The number of hydrogen-bond acceptors (Lipinski definition) is 5. The molecule has 1 fully saturated rings. The number of aryl methyl sites for hydroxylation is 1. The highest BCUT2D eigenvalue weighted by atomic mass is 16.5. The van der Waals surface area contributed by atoms with E-state index in [1.807, 2.05) is 18.2 Å². The number of nitrogens with zero attached hydrogens (tertiary/aromatic N) is 2. The van der Waals surface area contributed by atoms with Crippen molar-refractivity contribution >= 4 is 5.69 Å². The third-order valence-corrected chi connectivity index (χ3v) is 5.65. The second-order valence-corrected chi connectivity index (χ2v) is 9.20. The lowest BCUT2D eigenvalue weighted by molar-refractivity contribution is 0.0656. The summed E-state index contributed by atoms with van der Waals surface area (Å²) in [5.74, 6) is 1.75. The van der Waals surface area contributed by atoms with Crippen LogP contribution in [0.25, 0.3) is 0 Å². The van der Waals surface area contributed by atoms with Crippen molar-refractivity contribution in [2.24, 2.45) is 0 Å². The van der Waals surface area contributed by atoms with E-state index in [-0.39, 0.29) is 5.41 Å². The maximum absolute atomic E-state index is 10.6. The molecule has 0 amide bonds. The first-order valence-corrected chi connectivity index (χ1v) is 10.8. The van der Waals surface area contributed by atoms with E-state index in [1.54, 1.807) is 7.11 Å². The van der Waals surface area contributed by atoms with Crippen molar-refractivity contribution in [3.05, 3.63) is 53.6 Å². The summed E-state index contributed by atoms with van der Waals surface area (Å²) in [5, 5.41) is 10.6. The van der Waals surface area contributed by atoms with Crippen LogP contribution in [0.1, 0.15) is 31.9 Å². The number of aliphatic hydroxyl groups is 1. The monoisotopic (exact) mass is 412 g/mol. The van der Waals surface area contributed by atoms with Gasteiger partial charge in [0.25, 0.3) is 0 Å². The van der Waals surface area contributed by atoms with Gasteiger partial charge in [0.05, 0.1) is 7.11 Å². The van der Waals surface area contributed by atoms with Crippen LogP contribution in [0.15, 0.2) is 42.5 Å². The molecular formula is C25H36N2O3. The fourth-order valence-electron chi connectivity index (χ4n) is 3.87. The third-order valence-electron chi connectivity index (χ3n) is 5.65. The zero-order chi connectivity index (χ0) is 21.7. The van der Waals surface area contributed by atoms with E-state index in [0.29, 0.717) is 13.2 Å². The Morgan fingerprint density at radius 3 is 2.27 bits per heavy atom. The molecule has 0 saturated carbocycles. The van der Waals surface area contributed by atoms with Crippen LogP contribution >= 0.6 is 0 Å². The van der Waals surface area contributed by atoms with Gasteiger partial charge in [0.15, 0.2) is 0 Å². The van der Waals surface area contributed by atoms with Gasteiger partial charge in [0.1, 0.15) is 24.2 Å². The van der Waals surface area contributed by atoms with Gasteiger partial charge in [-0.15, -0.1) is 0 Å². The van der Waals surface area contributed by atoms with Crippen molar-refractivity contribution in [1.29, 1.82) is 0 Å². The molecule has 1 heterocycles. The van der Waals surface area contributed by atoms with Gasteiger partial charge in [-0.05, 0) is 48.2 Å². The molecule has 1 atom stereocenters. The summed E-state index contributed by atoms with van der Waals surface area (Å²) in [4.78, 5) is 4.69. The van der Waals surface area contributed by atoms with E-state index >= 15 is 0 Å². The van der Waals surface area contributed by atoms with Crippen molar-refractivity contribution in [1.82, 2.24) is 4.90 Å². The molecule has 2 aromatic rings. The topological polar surface area (TPSA) is 45.2 Å². The number of benzene rings is 2. The molecule has 30 heavy (non-hydrogen) atoms. The van der Waals surface area contributed by atoms with Crippen LogP contribution < -0.4 is 14.4 Å². The first-order chi connectivity index (χ1) is 14.3. The average Bonchev–Trinajstić information content (AvgIpc) is 2.73. The Hall–Kier alpha value is -2.24. The average molecular weight is 413 g/mol. The Morgan fingerprint density at radius 2 is 1.67 bits per heavy atom. The van der Waals surface area contributed by atoms with Crippen LogP contribution in [0.5, 0.6) is 11.5 Å². The number of ether oxygens (including phenoxy) is 2. The summed E-state index contributed by atoms with van der Waals surface area (Å²) >= 11 is 0. The minimum Gasteiger partial charge on any atom is -0.497 e. The molecule has 5 heteroatoms. The fraction of sp³-hybridized carbons (Fsp3) is 0.520. The first-order valence-electron chi connectivity index (χ1n) is 10.8. The smallest absolute Gasteiger partial charge is 0.123 e. The summed E-state index contributed by atoms with van der Waals surface area (Å²) < 4.78 is 11.3. The van der Waals surface area contributed by atoms with E-state index in [2.05, 4.69) is 61.8 Å². The molecule has 5 nitrogen and oxygen atoms in total. The van der Waals surface area contributed by atoms with Gasteiger partial charge in [0, 0.05) is 38.4 Å². The van der Waals surface area contributed by atoms with E-state index < -0.39 is 6.10 Å². The Bertz CT molecular complexity index is 806. The van der Waals surface area contributed by atoms with Crippen LogP contribution in [0.2, 0.25) is 0 Å². The first kappa shape index (κ1) is 22.4. The number of hydrogen-bond donors (Lipinski definition) is 1. The summed E-state index contributed by atoms with van der Waals surface area (Å²) in [7, 11) is 1.69. The van der Waals surface area contributed by atoms with Gasteiger partial charge in [-0.1, -0.05) is 38.5 Å². The molecule has 0 aliphatic carbocycles. The third kappa shape index (κ3) is 5.89. The molecule has 1 saturated heterocycles. The van der Waals surface area contributed by atoms with E-state index in [0.717, 1.165) is 37.7 Å². The number of anilines is 1. The lowest BCUT2D eigenvalue weighted by Gasteiger charge is -2.37. The van der Waals surface area contributed by atoms with Crippen molar-refractivity contribution < 1.29 is 14.6 Å². The Balaban J connectivity index is 1.48. The second kappa shape index (κ2) is 9.71. The Labute approximate surface area is 181 Å². The predicted octanol–water partition coefficient (Wildman–Crippen LogP) is 3.86. The molecule has 0 radical (unpaired) electrons. The summed E-state index contributed by atoms with van der Waals surface area (Å²) in [6, 6.07) is 14.5. The zero-order valence-electron chi connectivity index (χ0n) is 19.0. The van der Waals surface area contributed by atoms with Gasteiger partial charge >= 0.3 is 0 Å². The van der Waals surface area contributed by atoms with Crippen LogP contribution in [-0.2, 0) is 5.41 Å². The number of piperazine rings is 1. The number of rotatable bonds is 7. The lowest BCUT2D eigenvalue weighted by atomic mass is 9.85. The second-order valence-electron chi connectivity index (χ2n) is 9.20. The molecule has 0 aromatic heterocycles. The van der Waals surface area contributed by atoms with Crippen LogP contribution in [0, 0.1) is 6.92 Å². The van der Waals surface area contributed by atoms with Crippen molar-refractivity contribution in [2.75, 3.05) is 51.3 Å². The van der Waals surface area contributed by atoms with Gasteiger partial charge in [-0.3, -0.25) is 4.90 Å². The van der Waals surface area contributed by atoms with E-state index in [4.69, 9.17) is 9.47 Å². The molecule has 1 aliphatic rings. The predicted molar refractivity (Wildman–Crippen MR) is 123 cm³/mol. The molecule has 1 N–H and O–H groups in total. The summed E-state index contributed by atoms with van der Waals surface area (Å²) in [5.41, 5.74) is 3.63. The number of methoxy groups -OCH3 is 1. The van der Waals surface area contributed by atoms with Crippen molar-refractivity contribution in [2.45, 2.75) is 39.2 Å². The SMILES string of the molecule is COc1ccc(N2CCN(C[C@H](O)COc3ccc(C)cc3C(C)(C)C)CC2)cc1. The largest absolute Gasteiger partial charge is 0.497 e. The molecule has 3 rings (SSSR count). The van der Waals surface area contributed by atoms with Gasteiger partial charge in [0.2, 0.25) is 0 Å². The van der Waals surface area contributed by atoms with Gasteiger partial charge < -0.3 is 19.5 Å². The molecule has 1 aliphatic heterocycles. The van der Waals surface area contributed by atoms with Gasteiger partial charge in [-0.2, -0.15) is 0 Å². The minimum atomic E-state index is -0.508. The molecule has 164 valence electrons. The zero-order valence-corrected chi connectivity index (χ0v) is 19.0. The molecule has 0 spiro atoms. The molecule has 0 unspecified atom stereocenters. The Kier molecular flexibility index (Phi) is 7.27. The maximum atomic E-state index is 10.6. The molecule has 0 bridgehead atoms. The lowest BCUT2D eigenvalue weighted by Crippen LogP contribution is -2.49. The quantitative estimate of drug-likeness (QED) is 0.748. The van der Waals surface area contributed by atoms with Crippen LogP contribution in [-0.4, -0.2) is 62.6 Å². The van der Waals surface area contributed by atoms with Crippen LogP contribution in [0.4, 0.5) is 5.69 Å². The maximum Gasteiger partial charge on any atom is 0.123 e. The highest BCUT2D eigenvalue weighted by Gasteiger charge is 2.22. The minimum absolute atomic E-state index is 0.00406. The fourth-order valence-corrected chi connectivity index (χ4v) is 3.87. The molecular weight excluding hydrogens is 376 g/mol. The number of aliphatic hydroxyl groups excluding tert-OH is 1. The normalized spacial score (nSPS) is 16.4. The molecule has 2 aromatic carbocycles.